The first-order chi connectivity index (χ1) is 9.90. The van der Waals surface area contributed by atoms with Crippen LogP contribution in [0.25, 0.3) is 5.69 Å². The molecule has 8 nitrogen and oxygen atoms in total. The number of hydrogen-bond donors (Lipinski definition) is 3. The van der Waals surface area contributed by atoms with Gasteiger partial charge in [0, 0.05) is 11.9 Å². The fourth-order valence-electron chi connectivity index (χ4n) is 2.16. The van der Waals surface area contributed by atoms with Crippen LogP contribution in [0.1, 0.15) is 21.6 Å². The Balaban J connectivity index is 0.00000242. The van der Waals surface area contributed by atoms with Gasteiger partial charge >= 0.3 is 11.9 Å². The molecule has 2 aromatic rings. The standard InChI is InChI=1S/C15H16N2O4.2H2O/c1-9-7-11(17-6-2-3-13(17)15(20)21)5-4-10(9)8-12(16)14(18)19;;/h2-7,12H,8,16H2,1H3,(H,18,19)(H,20,21);2*1H2. The molecule has 0 saturated carbocycles. The van der Waals surface area contributed by atoms with Crippen LogP contribution in [0, 0.1) is 6.92 Å². The number of carboxylic acid groups (broad SMARTS) is 2. The minimum atomic E-state index is -1.04. The summed E-state index contributed by atoms with van der Waals surface area (Å²) in [6, 6.07) is 7.58. The lowest BCUT2D eigenvalue weighted by molar-refractivity contribution is -0.138. The molecule has 0 bridgehead atoms. The van der Waals surface area contributed by atoms with Gasteiger partial charge in [-0.2, -0.15) is 0 Å². The number of aryl methyl sites for hydroxylation is 1. The lowest BCUT2D eigenvalue weighted by Gasteiger charge is -2.12. The summed E-state index contributed by atoms with van der Waals surface area (Å²) >= 11 is 0. The molecule has 126 valence electrons. The highest BCUT2D eigenvalue weighted by molar-refractivity contribution is 5.86. The topological polar surface area (TPSA) is 169 Å². The van der Waals surface area contributed by atoms with Gasteiger partial charge in [0.25, 0.3) is 0 Å². The third-order valence-electron chi connectivity index (χ3n) is 3.33. The first-order valence-electron chi connectivity index (χ1n) is 6.39. The molecule has 0 aliphatic heterocycles. The molecule has 8 N–H and O–H groups in total. The van der Waals surface area contributed by atoms with E-state index in [0.29, 0.717) is 5.69 Å². The predicted octanol–water partition coefficient (Wildman–Crippen LogP) is -0.211. The fraction of sp³-hybridized carbons (Fsp3) is 0.200. The molecule has 1 unspecified atom stereocenters. The molecule has 8 heteroatoms. The largest absolute Gasteiger partial charge is 0.480 e. The SMILES string of the molecule is Cc1cc(-n2cccc2C(=O)O)ccc1CC(N)C(=O)O.O.O. The highest BCUT2D eigenvalue weighted by atomic mass is 16.4. The zero-order valence-electron chi connectivity index (χ0n) is 12.5. The lowest BCUT2D eigenvalue weighted by Crippen LogP contribution is -2.32. The average molecular weight is 324 g/mol. The smallest absolute Gasteiger partial charge is 0.352 e. The van der Waals surface area contributed by atoms with Gasteiger partial charge in [0.05, 0.1) is 0 Å². The van der Waals surface area contributed by atoms with E-state index in [-0.39, 0.29) is 23.1 Å². The number of aliphatic carboxylic acids is 1. The van der Waals surface area contributed by atoms with Gasteiger partial charge in [0.15, 0.2) is 0 Å². The molecular formula is C15H20N2O6. The quantitative estimate of drug-likeness (QED) is 0.690. The summed E-state index contributed by atoms with van der Waals surface area (Å²) in [5.74, 6) is -2.05. The summed E-state index contributed by atoms with van der Waals surface area (Å²) in [6.07, 6.45) is 1.90. The lowest BCUT2D eigenvalue weighted by atomic mass is 10.0. The van der Waals surface area contributed by atoms with Crippen molar-refractivity contribution in [3.8, 4) is 5.69 Å². The number of aromatic carboxylic acids is 1. The van der Waals surface area contributed by atoms with E-state index in [1.165, 1.54) is 6.07 Å². The van der Waals surface area contributed by atoms with E-state index in [0.717, 1.165) is 11.1 Å². The zero-order valence-corrected chi connectivity index (χ0v) is 12.5. The molecule has 0 spiro atoms. The third kappa shape index (κ3) is 4.39. The van der Waals surface area contributed by atoms with E-state index in [4.69, 9.17) is 15.9 Å². The summed E-state index contributed by atoms with van der Waals surface area (Å²) < 4.78 is 1.57. The van der Waals surface area contributed by atoms with Gasteiger partial charge in [0.2, 0.25) is 0 Å². The molecule has 1 aromatic carbocycles. The molecule has 1 atom stereocenters. The normalized spacial score (nSPS) is 11.0. The van der Waals surface area contributed by atoms with Gasteiger partial charge in [0.1, 0.15) is 11.7 Å². The van der Waals surface area contributed by atoms with Crippen LogP contribution in [0.4, 0.5) is 0 Å². The Morgan fingerprint density at radius 2 is 1.87 bits per heavy atom. The van der Waals surface area contributed by atoms with Crippen LogP contribution in [-0.4, -0.2) is 43.7 Å². The summed E-state index contributed by atoms with van der Waals surface area (Å²) in [5, 5.41) is 18.0. The van der Waals surface area contributed by atoms with E-state index in [1.54, 1.807) is 29.0 Å². The number of carbonyl (C=O) groups is 2. The molecule has 23 heavy (non-hydrogen) atoms. The third-order valence-corrected chi connectivity index (χ3v) is 3.33. The van der Waals surface area contributed by atoms with Gasteiger partial charge in [-0.25, -0.2) is 4.79 Å². The molecule has 1 heterocycles. The van der Waals surface area contributed by atoms with Crippen molar-refractivity contribution in [2.24, 2.45) is 5.73 Å². The minimum absolute atomic E-state index is 0. The van der Waals surface area contributed by atoms with Crippen LogP contribution >= 0.6 is 0 Å². The van der Waals surface area contributed by atoms with Crippen LogP contribution in [0.3, 0.4) is 0 Å². The first kappa shape index (κ1) is 20.3. The number of nitrogens with zero attached hydrogens (tertiary/aromatic N) is 1. The molecule has 0 aliphatic carbocycles. The summed E-state index contributed by atoms with van der Waals surface area (Å²) in [7, 11) is 0. The Morgan fingerprint density at radius 3 is 2.39 bits per heavy atom. The van der Waals surface area contributed by atoms with Crippen molar-refractivity contribution in [2.75, 3.05) is 0 Å². The number of carboxylic acids is 2. The van der Waals surface area contributed by atoms with Crippen LogP contribution in [0.15, 0.2) is 36.5 Å². The van der Waals surface area contributed by atoms with E-state index in [2.05, 4.69) is 0 Å². The molecule has 0 amide bonds. The van der Waals surface area contributed by atoms with Gasteiger partial charge in [-0.3, -0.25) is 4.79 Å². The number of rotatable bonds is 5. The van der Waals surface area contributed by atoms with Gasteiger partial charge in [-0.15, -0.1) is 0 Å². The second-order valence-corrected chi connectivity index (χ2v) is 4.83. The van der Waals surface area contributed by atoms with E-state index < -0.39 is 18.0 Å². The Kier molecular flexibility index (Phi) is 7.14. The van der Waals surface area contributed by atoms with E-state index >= 15 is 0 Å². The molecule has 0 saturated heterocycles. The second kappa shape index (κ2) is 8.08. The molecule has 0 radical (unpaired) electrons. The molecule has 0 fully saturated rings. The number of benzene rings is 1. The molecule has 2 rings (SSSR count). The maximum atomic E-state index is 11.1. The molecule has 1 aromatic heterocycles. The number of aromatic nitrogens is 1. The Hall–Kier alpha value is -2.68. The monoisotopic (exact) mass is 324 g/mol. The summed E-state index contributed by atoms with van der Waals surface area (Å²) in [6.45, 7) is 1.84. The fourth-order valence-corrected chi connectivity index (χ4v) is 2.16. The molecule has 0 aliphatic rings. The highest BCUT2D eigenvalue weighted by Gasteiger charge is 2.15. The Labute approximate surface area is 132 Å². The zero-order chi connectivity index (χ0) is 15.6. The first-order valence-corrected chi connectivity index (χ1v) is 6.39. The summed E-state index contributed by atoms with van der Waals surface area (Å²) in [4.78, 5) is 21.9. The number of hydrogen-bond acceptors (Lipinski definition) is 3. The van der Waals surface area contributed by atoms with Crippen LogP contribution in [0.2, 0.25) is 0 Å². The van der Waals surface area contributed by atoms with Gasteiger partial charge in [-0.05, 0) is 48.7 Å². The van der Waals surface area contributed by atoms with Crippen molar-refractivity contribution in [3.05, 3.63) is 53.3 Å². The maximum absolute atomic E-state index is 11.1. The van der Waals surface area contributed by atoms with Crippen molar-refractivity contribution < 1.29 is 30.8 Å². The van der Waals surface area contributed by atoms with Gasteiger partial charge in [-0.1, -0.05) is 6.07 Å². The van der Waals surface area contributed by atoms with E-state index in [1.807, 2.05) is 13.0 Å². The van der Waals surface area contributed by atoms with Crippen LogP contribution in [0.5, 0.6) is 0 Å². The van der Waals surface area contributed by atoms with Crippen molar-refractivity contribution in [3.63, 3.8) is 0 Å². The van der Waals surface area contributed by atoms with Crippen LogP contribution < -0.4 is 5.73 Å². The van der Waals surface area contributed by atoms with Crippen molar-refractivity contribution in [1.82, 2.24) is 4.57 Å². The Morgan fingerprint density at radius 1 is 1.22 bits per heavy atom. The van der Waals surface area contributed by atoms with Crippen LogP contribution in [-0.2, 0) is 11.2 Å². The number of nitrogens with two attached hydrogens (primary N) is 1. The van der Waals surface area contributed by atoms with E-state index in [9.17, 15) is 9.59 Å². The Bertz CT molecular complexity index is 695. The minimum Gasteiger partial charge on any atom is -0.480 e. The highest BCUT2D eigenvalue weighted by Crippen LogP contribution is 2.18. The predicted molar refractivity (Wildman–Crippen MR) is 84.0 cm³/mol. The second-order valence-electron chi connectivity index (χ2n) is 4.83. The van der Waals surface area contributed by atoms with Crippen molar-refractivity contribution in [1.29, 1.82) is 0 Å². The molecular weight excluding hydrogens is 304 g/mol. The van der Waals surface area contributed by atoms with Crippen molar-refractivity contribution >= 4 is 11.9 Å². The van der Waals surface area contributed by atoms with Gasteiger partial charge < -0.3 is 31.5 Å². The maximum Gasteiger partial charge on any atom is 0.352 e. The average Bonchev–Trinajstić information content (AvgIpc) is 2.90. The summed E-state index contributed by atoms with van der Waals surface area (Å²) in [5.41, 5.74) is 8.11. The van der Waals surface area contributed by atoms with Crippen molar-refractivity contribution in [2.45, 2.75) is 19.4 Å².